The number of nitrogens with one attached hydrogen (secondary N) is 1. The maximum Gasteiger partial charge on any atom is 0.233 e. The lowest BCUT2D eigenvalue weighted by atomic mass is 9.73. The highest BCUT2D eigenvalue weighted by Crippen LogP contribution is 2.49. The molecule has 2 aliphatic rings. The molecular formula is C21H24N2O4. The van der Waals surface area contributed by atoms with E-state index in [2.05, 4.69) is 31.2 Å². The van der Waals surface area contributed by atoms with Crippen molar-refractivity contribution < 1.29 is 19.2 Å². The minimum Gasteiger partial charge on any atom is -0.504 e. The van der Waals surface area contributed by atoms with Gasteiger partial charge in [0.05, 0.1) is 18.4 Å². The molecule has 2 aromatic rings. The molecule has 6 heteroatoms. The quantitative estimate of drug-likeness (QED) is 0.824. The maximum atomic E-state index is 12.9. The van der Waals surface area contributed by atoms with Crippen molar-refractivity contribution in [1.29, 1.82) is 0 Å². The molecule has 0 saturated heterocycles. The number of hydrogen-bond donors (Lipinski definition) is 2. The molecule has 1 atom stereocenters. The Labute approximate surface area is 158 Å². The van der Waals surface area contributed by atoms with Gasteiger partial charge in [-0.25, -0.2) is 0 Å². The second-order valence-corrected chi connectivity index (χ2v) is 8.18. The summed E-state index contributed by atoms with van der Waals surface area (Å²) < 4.78 is 10.9. The number of benzene rings is 1. The number of phenolic OH excluding ortho intramolecular Hbond substituents is 1. The van der Waals surface area contributed by atoms with Gasteiger partial charge in [-0.3, -0.25) is 4.79 Å². The number of anilines is 1. The van der Waals surface area contributed by atoms with Crippen LogP contribution in [-0.2, 0) is 10.2 Å². The van der Waals surface area contributed by atoms with E-state index in [1.807, 2.05) is 6.07 Å². The Morgan fingerprint density at radius 2 is 2.07 bits per heavy atom. The molecule has 1 aliphatic carbocycles. The number of methoxy groups -OCH3 is 1. The number of hydrogen-bond acceptors (Lipinski definition) is 6. The van der Waals surface area contributed by atoms with Crippen LogP contribution in [0.3, 0.4) is 0 Å². The van der Waals surface area contributed by atoms with Crippen molar-refractivity contribution in [2.45, 2.75) is 51.4 Å². The van der Waals surface area contributed by atoms with Gasteiger partial charge in [0.25, 0.3) is 0 Å². The molecule has 27 heavy (non-hydrogen) atoms. The normalized spacial score (nSPS) is 19.4. The Kier molecular flexibility index (Phi) is 4.02. The van der Waals surface area contributed by atoms with Crippen molar-refractivity contribution in [2.75, 3.05) is 12.4 Å². The lowest BCUT2D eigenvalue weighted by molar-refractivity contribution is -0.116. The van der Waals surface area contributed by atoms with E-state index in [4.69, 9.17) is 9.26 Å². The molecule has 0 saturated carbocycles. The number of carbonyl (C=O) groups is 1. The molecule has 0 spiro atoms. The van der Waals surface area contributed by atoms with Gasteiger partial charge < -0.3 is 19.7 Å². The molecule has 0 fully saturated rings. The Morgan fingerprint density at radius 3 is 2.78 bits per heavy atom. The smallest absolute Gasteiger partial charge is 0.233 e. The number of fused-ring (bicyclic) bond motifs is 1. The average Bonchev–Trinajstić information content (AvgIpc) is 3.04. The van der Waals surface area contributed by atoms with E-state index in [0.29, 0.717) is 18.1 Å². The highest BCUT2D eigenvalue weighted by atomic mass is 16.5. The summed E-state index contributed by atoms with van der Waals surface area (Å²) in [6.07, 6.45) is 2.17. The first-order valence-electron chi connectivity index (χ1n) is 9.21. The van der Waals surface area contributed by atoms with Gasteiger partial charge in [-0.2, -0.15) is 0 Å². The lowest BCUT2D eigenvalue weighted by Gasteiger charge is -2.32. The van der Waals surface area contributed by atoms with E-state index in [0.717, 1.165) is 40.9 Å². The first-order valence-corrected chi connectivity index (χ1v) is 9.21. The van der Waals surface area contributed by atoms with Crippen LogP contribution in [0.5, 0.6) is 11.5 Å². The molecule has 6 nitrogen and oxygen atoms in total. The molecule has 1 aliphatic heterocycles. The first-order chi connectivity index (χ1) is 12.8. The van der Waals surface area contributed by atoms with E-state index in [-0.39, 0.29) is 22.9 Å². The van der Waals surface area contributed by atoms with Crippen LogP contribution in [0.4, 0.5) is 5.88 Å². The molecule has 142 valence electrons. The van der Waals surface area contributed by atoms with E-state index in [9.17, 15) is 9.90 Å². The number of ketones is 1. The molecule has 1 aromatic carbocycles. The summed E-state index contributed by atoms with van der Waals surface area (Å²) in [6, 6.07) is 5.23. The largest absolute Gasteiger partial charge is 0.504 e. The van der Waals surface area contributed by atoms with Crippen LogP contribution >= 0.6 is 0 Å². The Morgan fingerprint density at radius 1 is 1.30 bits per heavy atom. The SMILES string of the molecule is COc1cc([C@H]2C3=C(CCCC3=O)Nc3onc(C(C)(C)C)c32)ccc1O. The molecule has 1 aromatic heterocycles. The summed E-state index contributed by atoms with van der Waals surface area (Å²) in [6.45, 7) is 6.23. The minimum atomic E-state index is -0.293. The summed E-state index contributed by atoms with van der Waals surface area (Å²) in [5.41, 5.74) is 4.04. The zero-order chi connectivity index (χ0) is 19.3. The summed E-state index contributed by atoms with van der Waals surface area (Å²) >= 11 is 0. The van der Waals surface area contributed by atoms with Crippen LogP contribution in [0.25, 0.3) is 0 Å². The number of ether oxygens (including phenoxy) is 1. The second kappa shape index (κ2) is 6.15. The second-order valence-electron chi connectivity index (χ2n) is 8.18. The van der Waals surface area contributed by atoms with Gasteiger partial charge in [0.15, 0.2) is 17.3 Å². The zero-order valence-corrected chi connectivity index (χ0v) is 16.0. The fourth-order valence-corrected chi connectivity index (χ4v) is 4.01. The third kappa shape index (κ3) is 2.80. The van der Waals surface area contributed by atoms with Gasteiger partial charge in [-0.15, -0.1) is 0 Å². The fraction of sp³-hybridized carbons (Fsp3) is 0.429. The number of carbonyl (C=O) groups excluding carboxylic acids is 1. The van der Waals surface area contributed by atoms with Crippen molar-refractivity contribution in [1.82, 2.24) is 5.16 Å². The van der Waals surface area contributed by atoms with E-state index < -0.39 is 0 Å². The number of aromatic hydroxyl groups is 1. The predicted octanol–water partition coefficient (Wildman–Crippen LogP) is 4.25. The molecule has 0 bridgehead atoms. The van der Waals surface area contributed by atoms with Crippen molar-refractivity contribution in [3.05, 3.63) is 46.3 Å². The van der Waals surface area contributed by atoms with Crippen molar-refractivity contribution in [2.24, 2.45) is 0 Å². The maximum absolute atomic E-state index is 12.9. The van der Waals surface area contributed by atoms with Gasteiger partial charge in [-0.1, -0.05) is 32.0 Å². The lowest BCUT2D eigenvalue weighted by Crippen LogP contribution is -2.28. The van der Waals surface area contributed by atoms with Crippen LogP contribution in [0.2, 0.25) is 0 Å². The summed E-state index contributed by atoms with van der Waals surface area (Å²) in [5.74, 6) is 0.907. The number of Topliss-reactive ketones (excluding diaryl/α,β-unsaturated/α-hetero) is 1. The Balaban J connectivity index is 1.97. The highest BCUT2D eigenvalue weighted by molar-refractivity contribution is 6.01. The fourth-order valence-electron chi connectivity index (χ4n) is 4.01. The zero-order valence-electron chi connectivity index (χ0n) is 16.0. The number of phenols is 1. The molecule has 4 rings (SSSR count). The molecule has 2 heterocycles. The molecule has 0 amide bonds. The number of allylic oxidation sites excluding steroid dienone is 2. The average molecular weight is 368 g/mol. The van der Waals surface area contributed by atoms with Crippen LogP contribution in [0, 0.1) is 0 Å². The van der Waals surface area contributed by atoms with Gasteiger partial charge in [0, 0.05) is 29.0 Å². The molecule has 0 unspecified atom stereocenters. The molecule has 2 N–H and O–H groups in total. The van der Waals surface area contributed by atoms with Gasteiger partial charge in [0.1, 0.15) is 0 Å². The van der Waals surface area contributed by atoms with Crippen LogP contribution in [-0.4, -0.2) is 23.2 Å². The van der Waals surface area contributed by atoms with Crippen LogP contribution < -0.4 is 10.1 Å². The number of rotatable bonds is 2. The monoisotopic (exact) mass is 368 g/mol. The number of nitrogens with zero attached hydrogens (tertiary/aromatic N) is 1. The first kappa shape index (κ1) is 17.6. The summed E-state index contributed by atoms with van der Waals surface area (Å²) in [4.78, 5) is 12.9. The molecular weight excluding hydrogens is 344 g/mol. The molecule has 0 radical (unpaired) electrons. The van der Waals surface area contributed by atoms with Gasteiger partial charge in [0.2, 0.25) is 5.88 Å². The Bertz CT molecular complexity index is 950. The van der Waals surface area contributed by atoms with Crippen molar-refractivity contribution in [3.63, 3.8) is 0 Å². The van der Waals surface area contributed by atoms with Crippen molar-refractivity contribution >= 4 is 11.7 Å². The minimum absolute atomic E-state index is 0.0703. The van der Waals surface area contributed by atoms with E-state index in [1.54, 1.807) is 12.1 Å². The highest BCUT2D eigenvalue weighted by Gasteiger charge is 2.41. The third-order valence-corrected chi connectivity index (χ3v) is 5.27. The van der Waals surface area contributed by atoms with E-state index >= 15 is 0 Å². The summed E-state index contributed by atoms with van der Waals surface area (Å²) in [5, 5.41) is 17.7. The summed E-state index contributed by atoms with van der Waals surface area (Å²) in [7, 11) is 1.52. The van der Waals surface area contributed by atoms with Crippen molar-refractivity contribution in [3.8, 4) is 11.5 Å². The number of aromatic nitrogens is 1. The van der Waals surface area contributed by atoms with Crippen LogP contribution in [0.15, 0.2) is 34.0 Å². The van der Waals surface area contributed by atoms with Crippen LogP contribution in [0.1, 0.15) is 62.8 Å². The third-order valence-electron chi connectivity index (χ3n) is 5.27. The van der Waals surface area contributed by atoms with Gasteiger partial charge in [-0.05, 0) is 30.5 Å². The predicted molar refractivity (Wildman–Crippen MR) is 101 cm³/mol. The van der Waals surface area contributed by atoms with E-state index in [1.165, 1.54) is 7.11 Å². The standard InChI is InChI=1S/C21H24N2O4/c1-21(2,3)19-18-16(11-8-9-13(24)15(10-11)26-4)17-12(6-5-7-14(17)25)22-20(18)27-23-19/h8-10,16,22,24H,5-7H2,1-4H3/t16-/m0/s1. The topological polar surface area (TPSA) is 84.6 Å². The van der Waals surface area contributed by atoms with Gasteiger partial charge >= 0.3 is 0 Å². The Hall–Kier alpha value is -2.76.